The number of carboxylic acids is 1. The first-order valence-electron chi connectivity index (χ1n) is 25.7. The summed E-state index contributed by atoms with van der Waals surface area (Å²) < 4.78 is 14.5. The minimum absolute atomic E-state index is 0.135. The highest BCUT2D eigenvalue weighted by Gasteiger charge is 2.16. The second kappa shape index (κ2) is 44.3. The first kappa shape index (κ1) is 79.9. The number of hydrogen-bond acceptors (Lipinski definition) is 9. The van der Waals surface area contributed by atoms with Gasteiger partial charge in [-0.25, -0.2) is 49.3 Å². The highest BCUT2D eigenvalue weighted by Crippen LogP contribution is 2.26. The van der Waals surface area contributed by atoms with E-state index < -0.39 is 28.6 Å². The number of Topliss-reactive ketones (excluding diaryl/α,β-unsaturated/α-hetero) is 1. The third-order valence-corrected chi connectivity index (χ3v) is 13.4. The van der Waals surface area contributed by atoms with Gasteiger partial charge in [0.25, 0.3) is 0 Å². The Balaban J connectivity index is 0.000000372. The molecule has 4 aromatic carbocycles. The van der Waals surface area contributed by atoms with Crippen molar-refractivity contribution in [1.29, 1.82) is 0 Å². The molecule has 0 aliphatic carbocycles. The molecule has 5 N–H and O–H groups in total. The van der Waals surface area contributed by atoms with Crippen LogP contribution in [0.4, 0.5) is 0 Å². The van der Waals surface area contributed by atoms with Crippen LogP contribution in [-0.2, 0) is 57.5 Å². The summed E-state index contributed by atoms with van der Waals surface area (Å²) in [5, 5.41) is 13.1. The summed E-state index contributed by atoms with van der Waals surface area (Å²) in [6.07, 6.45) is 10.0. The fourth-order valence-corrected chi connectivity index (χ4v) is 9.03. The zero-order chi connectivity index (χ0) is 65.9. The van der Waals surface area contributed by atoms with Crippen molar-refractivity contribution in [2.75, 3.05) is 25.2 Å². The Morgan fingerprint density at radius 3 is 1.16 bits per heavy atom. The van der Waals surface area contributed by atoms with E-state index in [1.807, 2.05) is 30.5 Å². The van der Waals surface area contributed by atoms with E-state index in [2.05, 4.69) is 19.9 Å². The number of ketones is 1. The number of aromatic amines is 4. The zero-order valence-corrected chi connectivity index (χ0v) is 58.4. The Morgan fingerprint density at radius 2 is 0.807 bits per heavy atom. The van der Waals surface area contributed by atoms with Crippen molar-refractivity contribution in [1.82, 2.24) is 19.9 Å². The molecule has 0 radical (unpaired) electrons. The Labute approximate surface area is 580 Å². The lowest BCUT2D eigenvalue weighted by Gasteiger charge is -2.03. The number of carbonyl (C=O) groups is 6. The molecule has 8 rings (SSSR count). The molecule has 88 heavy (non-hydrogen) atoms. The quantitative estimate of drug-likeness (QED) is 0.0137. The first-order valence-corrected chi connectivity index (χ1v) is 35.4. The zero-order valence-electron chi connectivity index (χ0n) is 46.7. The third-order valence-electron chi connectivity index (χ3n) is 10.9. The number of H-pyrrole nitrogens is 4. The highest BCUT2D eigenvalue weighted by atomic mass is 35.8. The van der Waals surface area contributed by atoms with Gasteiger partial charge in [0.1, 0.15) is 22.8 Å². The summed E-state index contributed by atoms with van der Waals surface area (Å²) in [5.74, 6) is -2.21. The number of rotatable bonds is 18. The number of aromatic carboxylic acids is 1. The number of benzene rings is 4. The molecule has 0 saturated heterocycles. The Kier molecular flexibility index (Phi) is 40.3. The minimum atomic E-state index is -1.72. The molecule has 0 aliphatic rings. The maximum atomic E-state index is 12.2. The summed E-state index contributed by atoms with van der Waals surface area (Å²) in [7, 11) is 14.8. The molecule has 0 amide bonds. The van der Waals surface area contributed by atoms with Gasteiger partial charge in [0.15, 0.2) is 5.78 Å². The van der Waals surface area contributed by atoms with E-state index in [1.54, 1.807) is 106 Å². The number of carboxylic acid groups (broad SMARTS) is 1. The smallest absolute Gasteiger partial charge is 0.477 e. The van der Waals surface area contributed by atoms with Crippen molar-refractivity contribution in [2.45, 2.75) is 59.3 Å². The summed E-state index contributed by atoms with van der Waals surface area (Å²) in [5.41, 5.74) is 7.24. The predicted molar refractivity (Wildman–Crippen MR) is 361 cm³/mol. The van der Waals surface area contributed by atoms with Gasteiger partial charge in [-0.15, -0.1) is 23.2 Å². The molecule has 0 spiro atoms. The van der Waals surface area contributed by atoms with Crippen LogP contribution in [0.25, 0.3) is 0 Å². The van der Waals surface area contributed by atoms with E-state index in [9.17, 15) is 28.8 Å². The van der Waals surface area contributed by atoms with Crippen molar-refractivity contribution in [3.8, 4) is 0 Å². The lowest BCUT2D eigenvalue weighted by molar-refractivity contribution is -0.111. The molecule has 4 aromatic heterocycles. The average molecular weight is 1500 g/mol. The van der Waals surface area contributed by atoms with E-state index >= 15 is 0 Å². The number of aryl methyl sites for hydroxylation is 4. The lowest BCUT2D eigenvalue weighted by atomic mass is 10.1. The maximum Gasteiger partial charge on any atom is 0.643 e. The molecule has 8 aromatic rings. The molecular formula is C59H55AlCl14N4O10. The largest absolute Gasteiger partial charge is 0.643 e. The van der Waals surface area contributed by atoms with E-state index in [0.717, 1.165) is 47.9 Å². The minimum Gasteiger partial charge on any atom is -0.477 e. The lowest BCUT2D eigenvalue weighted by Crippen LogP contribution is -2.05. The maximum absolute atomic E-state index is 12.2. The van der Waals surface area contributed by atoms with Crippen LogP contribution in [0.2, 0.25) is 40.2 Å². The monoisotopic (exact) mass is 1500 g/mol. The Bertz CT molecular complexity index is 3470. The molecule has 29 heteroatoms. The molecule has 472 valence electrons. The van der Waals surface area contributed by atoms with Gasteiger partial charge in [-0.3, -0.25) is 9.59 Å². The number of carbonyl (C=O) groups excluding carboxylic acids is 5. The van der Waals surface area contributed by atoms with Crippen molar-refractivity contribution < 1.29 is 48.1 Å². The van der Waals surface area contributed by atoms with Crippen LogP contribution < -0.4 is 0 Å². The van der Waals surface area contributed by atoms with Gasteiger partial charge in [0.05, 0.1) is 25.2 Å². The van der Waals surface area contributed by atoms with Crippen LogP contribution in [-0.4, -0.2) is 96.5 Å². The molecule has 4 heterocycles. The van der Waals surface area contributed by atoms with Crippen LogP contribution >= 0.6 is 158 Å². The highest BCUT2D eigenvalue weighted by molar-refractivity contribution is 7.54. The number of hydrogen-bond donors (Lipinski definition) is 5. The fraction of sp³-hybridized carbons (Fsp3) is 0.220. The van der Waals surface area contributed by atoms with Crippen LogP contribution in [0.3, 0.4) is 0 Å². The number of esters is 3. The van der Waals surface area contributed by atoms with Crippen LogP contribution in [0, 0.1) is 0 Å². The number of alkyl halides is 2. The van der Waals surface area contributed by atoms with Gasteiger partial charge in [0, 0.05) is 83.4 Å². The number of halogens is 14. The topological polar surface area (TPSA) is 213 Å². The number of ether oxygens (including phenoxy) is 3. The first-order chi connectivity index (χ1) is 41.7. The van der Waals surface area contributed by atoms with E-state index in [-0.39, 0.29) is 53.9 Å². The molecule has 0 atom stereocenters. The van der Waals surface area contributed by atoms with Gasteiger partial charge >= 0.3 is 35.3 Å². The van der Waals surface area contributed by atoms with E-state index in [0.29, 0.717) is 81.5 Å². The fourth-order valence-electron chi connectivity index (χ4n) is 6.93. The molecule has 14 nitrogen and oxygen atoms in total. The molecule has 0 saturated carbocycles. The standard InChI is InChI=1S/C15H13Cl2NO3.C15H15Cl2NO2.C13H11Cl2NO2.C8H5Cl3O.C7H9NO2.CH2Cl2.Al.3ClH/c1-2-21-15(20)13-5-10(8-18-13)14(19)6-9-3-4-11(16)7-12(9)17;1-2-20-15(19)14-7-10(9-18-14)3-4-11-5-6-12(16)8-13(11)17;14-10-4-3-9(11(15)6-10)2-1-8-5-12(13(17)18)16-7-8;9-6-2-1-5(3-8(11)12)7(10)4-6;1-2-10-7(9)6-4-3-5-8-6;2-1-3;;;;/h3-5,7-8,18H,2,6H2,1H3;5-9,18H,2-4H2,1H3;3-7,16H,1-2H2,(H,17,18);1-2,4H,3H2;3-5,8H,2H2,1H3;1H2;;3*1H/q;;;;;;+3;;;/p-3. The summed E-state index contributed by atoms with van der Waals surface area (Å²) >= 11 is 60.2. The molecule has 0 fully saturated rings. The van der Waals surface area contributed by atoms with Gasteiger partial charge in [-0.1, -0.05) is 117 Å². The van der Waals surface area contributed by atoms with E-state index in [1.165, 1.54) is 12.3 Å². The normalized spacial score (nSPS) is 9.97. The molecule has 0 bridgehead atoms. The summed E-state index contributed by atoms with van der Waals surface area (Å²) in [6, 6.07) is 29.1. The summed E-state index contributed by atoms with van der Waals surface area (Å²) in [4.78, 5) is 78.4. The van der Waals surface area contributed by atoms with Crippen molar-refractivity contribution in [3.05, 3.63) is 230 Å². The van der Waals surface area contributed by atoms with Gasteiger partial charge in [-0.05, 0) is 170 Å². The third kappa shape index (κ3) is 32.2. The van der Waals surface area contributed by atoms with Crippen molar-refractivity contribution in [2.24, 2.45) is 0 Å². The average Bonchev–Trinajstić information content (AvgIpc) is 4.38. The SMILES string of the molecule is CCOC(=O)c1cc(C(=O)Cc2ccc(Cl)cc2Cl)c[nH]1.CCOC(=O)c1cc(CCc2ccc(Cl)cc2Cl)c[nH]1.CCOC(=O)c1ccc[nH]1.ClCCl.O=C(Cl)Cc1ccc(Cl)cc1Cl.O=C(O)c1cc(CCc2ccc(Cl)cc2Cl)c[nH]1.[Cl][Al]([Cl])[Cl]. The second-order valence-electron chi connectivity index (χ2n) is 17.1. The Morgan fingerprint density at radius 1 is 0.455 bits per heavy atom. The molecule has 0 unspecified atom stereocenters. The van der Waals surface area contributed by atoms with Crippen LogP contribution in [0.15, 0.2) is 128 Å². The summed E-state index contributed by atoms with van der Waals surface area (Å²) in [6.45, 7) is 6.34. The van der Waals surface area contributed by atoms with Gasteiger partial charge in [0.2, 0.25) is 5.24 Å². The van der Waals surface area contributed by atoms with Crippen LogP contribution in [0.5, 0.6) is 0 Å². The van der Waals surface area contributed by atoms with Crippen molar-refractivity contribution >= 4 is 204 Å². The molecule has 0 aliphatic heterocycles. The van der Waals surface area contributed by atoms with Crippen LogP contribution in [0.1, 0.15) is 106 Å². The predicted octanol–water partition coefficient (Wildman–Crippen LogP) is 19.6. The molecular weight excluding hydrogens is 1450 g/mol. The van der Waals surface area contributed by atoms with Gasteiger partial charge < -0.3 is 39.3 Å². The second-order valence-corrected chi connectivity index (χ2v) is 28.2. The van der Waals surface area contributed by atoms with Crippen molar-refractivity contribution in [3.63, 3.8) is 0 Å². The van der Waals surface area contributed by atoms with Gasteiger partial charge in [-0.2, -0.15) is 0 Å². The number of aromatic nitrogens is 4. The van der Waals surface area contributed by atoms with E-state index in [4.69, 9.17) is 177 Å². The Hall–Kier alpha value is -4.19. The number of nitrogens with one attached hydrogen (secondary N) is 4.